The number of hydrogen-bond acceptors (Lipinski definition) is 4. The fourth-order valence-electron chi connectivity index (χ4n) is 3.85. The first-order valence-corrected chi connectivity index (χ1v) is 9.43. The first-order valence-electron chi connectivity index (χ1n) is 9.43. The van der Waals surface area contributed by atoms with E-state index in [1.54, 1.807) is 0 Å². The number of aromatic nitrogens is 3. The smallest absolute Gasteiger partial charge is 0.268 e. The lowest BCUT2D eigenvalue weighted by atomic mass is 9.99. The molecule has 0 atom stereocenters. The molecule has 0 aliphatic carbocycles. The SMILES string of the molecule is Cn1cccc1C(=O)NCc1cn2c(n1)CN(CC1CCOCC1)CC2. The molecule has 26 heavy (non-hydrogen) atoms. The van der Waals surface area contributed by atoms with Gasteiger partial charge in [0.25, 0.3) is 5.91 Å². The van der Waals surface area contributed by atoms with Crippen LogP contribution in [0.2, 0.25) is 0 Å². The van der Waals surface area contributed by atoms with Gasteiger partial charge in [0.05, 0.1) is 18.8 Å². The zero-order valence-corrected chi connectivity index (χ0v) is 15.4. The van der Waals surface area contributed by atoms with Gasteiger partial charge in [0.2, 0.25) is 0 Å². The van der Waals surface area contributed by atoms with Crippen LogP contribution < -0.4 is 5.32 Å². The molecule has 0 spiro atoms. The van der Waals surface area contributed by atoms with Gasteiger partial charge in [0.1, 0.15) is 11.5 Å². The number of carbonyl (C=O) groups is 1. The van der Waals surface area contributed by atoms with Crippen molar-refractivity contribution in [2.45, 2.75) is 32.5 Å². The van der Waals surface area contributed by atoms with Crippen LogP contribution in [0.25, 0.3) is 0 Å². The monoisotopic (exact) mass is 357 g/mol. The Bertz CT molecular complexity index is 760. The van der Waals surface area contributed by atoms with Gasteiger partial charge in [0.15, 0.2) is 0 Å². The van der Waals surface area contributed by atoms with E-state index in [0.29, 0.717) is 12.2 Å². The second-order valence-electron chi connectivity index (χ2n) is 7.32. The maximum absolute atomic E-state index is 12.2. The highest BCUT2D eigenvalue weighted by atomic mass is 16.5. The highest BCUT2D eigenvalue weighted by Crippen LogP contribution is 2.20. The molecule has 0 bridgehead atoms. The van der Waals surface area contributed by atoms with Gasteiger partial charge >= 0.3 is 0 Å². The first kappa shape index (κ1) is 17.3. The molecule has 0 radical (unpaired) electrons. The van der Waals surface area contributed by atoms with Gasteiger partial charge in [-0.3, -0.25) is 9.69 Å². The van der Waals surface area contributed by atoms with E-state index in [4.69, 9.17) is 9.72 Å². The second-order valence-corrected chi connectivity index (χ2v) is 7.32. The molecule has 1 amide bonds. The number of ether oxygens (including phenoxy) is 1. The molecule has 4 rings (SSSR count). The second kappa shape index (κ2) is 7.63. The maximum Gasteiger partial charge on any atom is 0.268 e. The van der Waals surface area contributed by atoms with Crippen molar-refractivity contribution in [1.82, 2.24) is 24.3 Å². The lowest BCUT2D eigenvalue weighted by molar-refractivity contribution is 0.0482. The summed E-state index contributed by atoms with van der Waals surface area (Å²) in [6, 6.07) is 3.69. The minimum atomic E-state index is -0.0652. The first-order chi connectivity index (χ1) is 12.7. The summed E-state index contributed by atoms with van der Waals surface area (Å²) in [6.07, 6.45) is 6.28. The summed E-state index contributed by atoms with van der Waals surface area (Å²) in [5.74, 6) is 1.78. The standard InChI is InChI=1S/C19H27N5O2/c1-22-6-2-3-17(22)19(25)20-11-16-13-24-8-7-23(14-18(24)21-16)12-15-4-9-26-10-5-15/h2-3,6,13,15H,4-5,7-12,14H2,1H3,(H,20,25). The predicted octanol–water partition coefficient (Wildman–Crippen LogP) is 1.39. The molecule has 1 saturated heterocycles. The average Bonchev–Trinajstić information content (AvgIpc) is 3.26. The van der Waals surface area contributed by atoms with E-state index in [0.717, 1.165) is 56.8 Å². The third-order valence-electron chi connectivity index (χ3n) is 5.39. The normalized spacial score (nSPS) is 18.7. The summed E-state index contributed by atoms with van der Waals surface area (Å²) in [5.41, 5.74) is 1.59. The predicted molar refractivity (Wildman–Crippen MR) is 97.6 cm³/mol. The topological polar surface area (TPSA) is 64.3 Å². The Morgan fingerprint density at radius 2 is 2.19 bits per heavy atom. The van der Waals surface area contributed by atoms with Crippen LogP contribution >= 0.6 is 0 Å². The number of fused-ring (bicyclic) bond motifs is 1. The maximum atomic E-state index is 12.2. The molecule has 2 aliphatic rings. The van der Waals surface area contributed by atoms with Crippen molar-refractivity contribution in [3.63, 3.8) is 0 Å². The molecule has 2 aromatic heterocycles. The van der Waals surface area contributed by atoms with E-state index in [1.807, 2.05) is 29.9 Å². The van der Waals surface area contributed by atoms with Gasteiger partial charge in [-0.05, 0) is 30.9 Å². The van der Waals surface area contributed by atoms with E-state index in [9.17, 15) is 4.79 Å². The molecule has 1 N–H and O–H groups in total. The van der Waals surface area contributed by atoms with E-state index in [1.165, 1.54) is 12.8 Å². The molecular weight excluding hydrogens is 330 g/mol. The summed E-state index contributed by atoms with van der Waals surface area (Å²) in [7, 11) is 1.87. The number of imidazole rings is 1. The number of hydrogen-bond donors (Lipinski definition) is 1. The van der Waals surface area contributed by atoms with E-state index in [-0.39, 0.29) is 5.91 Å². The van der Waals surface area contributed by atoms with Crippen LogP contribution in [-0.2, 0) is 31.4 Å². The summed E-state index contributed by atoms with van der Waals surface area (Å²) in [5, 5.41) is 2.97. The van der Waals surface area contributed by atoms with Crippen LogP contribution in [0.5, 0.6) is 0 Å². The van der Waals surface area contributed by atoms with Crippen molar-refractivity contribution in [2.75, 3.05) is 26.3 Å². The molecule has 2 aromatic rings. The number of amides is 1. The highest BCUT2D eigenvalue weighted by Gasteiger charge is 2.23. The van der Waals surface area contributed by atoms with Gasteiger partial charge in [-0.1, -0.05) is 0 Å². The van der Waals surface area contributed by atoms with Crippen molar-refractivity contribution in [3.8, 4) is 0 Å². The van der Waals surface area contributed by atoms with Crippen molar-refractivity contribution in [3.05, 3.63) is 41.7 Å². The molecule has 7 nitrogen and oxygen atoms in total. The molecule has 0 aromatic carbocycles. The Balaban J connectivity index is 1.32. The van der Waals surface area contributed by atoms with Crippen LogP contribution in [0.15, 0.2) is 24.5 Å². The van der Waals surface area contributed by atoms with Crippen LogP contribution in [0.1, 0.15) is 34.8 Å². The number of nitrogens with zero attached hydrogens (tertiary/aromatic N) is 4. The molecule has 1 fully saturated rings. The van der Waals surface area contributed by atoms with Crippen molar-refractivity contribution in [2.24, 2.45) is 13.0 Å². The Hall–Kier alpha value is -2.12. The number of rotatable bonds is 5. The van der Waals surface area contributed by atoms with Gasteiger partial charge in [-0.25, -0.2) is 4.98 Å². The van der Waals surface area contributed by atoms with E-state index in [2.05, 4.69) is 21.0 Å². The third-order valence-corrected chi connectivity index (χ3v) is 5.39. The third kappa shape index (κ3) is 3.83. The number of aryl methyl sites for hydroxylation is 1. The van der Waals surface area contributed by atoms with Crippen molar-refractivity contribution < 1.29 is 9.53 Å². The number of carbonyl (C=O) groups excluding carboxylic acids is 1. The minimum absolute atomic E-state index is 0.0652. The lowest BCUT2D eigenvalue weighted by Gasteiger charge is -2.32. The summed E-state index contributed by atoms with van der Waals surface area (Å²) < 4.78 is 9.51. The van der Waals surface area contributed by atoms with Crippen LogP contribution in [0.3, 0.4) is 0 Å². The van der Waals surface area contributed by atoms with E-state index >= 15 is 0 Å². The molecular formula is C19H27N5O2. The number of nitrogens with one attached hydrogen (secondary N) is 1. The Morgan fingerprint density at radius 1 is 1.35 bits per heavy atom. The van der Waals surface area contributed by atoms with Gasteiger partial charge in [-0.2, -0.15) is 0 Å². The molecule has 7 heteroatoms. The Kier molecular flexibility index (Phi) is 5.08. The minimum Gasteiger partial charge on any atom is -0.381 e. The molecule has 4 heterocycles. The van der Waals surface area contributed by atoms with Gasteiger partial charge in [0, 0.05) is 52.3 Å². The van der Waals surface area contributed by atoms with Gasteiger partial charge < -0.3 is 19.2 Å². The van der Waals surface area contributed by atoms with E-state index < -0.39 is 0 Å². The van der Waals surface area contributed by atoms with Crippen LogP contribution in [-0.4, -0.2) is 51.2 Å². The fraction of sp³-hybridized carbons (Fsp3) is 0.579. The summed E-state index contributed by atoms with van der Waals surface area (Å²) >= 11 is 0. The highest BCUT2D eigenvalue weighted by molar-refractivity contribution is 5.92. The van der Waals surface area contributed by atoms with Crippen molar-refractivity contribution in [1.29, 1.82) is 0 Å². The lowest BCUT2D eigenvalue weighted by Crippen LogP contribution is -2.38. The summed E-state index contributed by atoms with van der Waals surface area (Å²) in [4.78, 5) is 19.5. The zero-order chi connectivity index (χ0) is 17.9. The fourth-order valence-corrected chi connectivity index (χ4v) is 3.85. The molecule has 0 unspecified atom stereocenters. The Labute approximate surface area is 153 Å². The summed E-state index contributed by atoms with van der Waals surface area (Å²) in [6.45, 7) is 6.33. The quantitative estimate of drug-likeness (QED) is 0.878. The Morgan fingerprint density at radius 3 is 2.96 bits per heavy atom. The molecule has 0 saturated carbocycles. The molecule has 2 aliphatic heterocycles. The van der Waals surface area contributed by atoms with Crippen LogP contribution in [0, 0.1) is 5.92 Å². The largest absolute Gasteiger partial charge is 0.381 e. The van der Waals surface area contributed by atoms with Crippen LogP contribution in [0.4, 0.5) is 0 Å². The molecule has 140 valence electrons. The zero-order valence-electron chi connectivity index (χ0n) is 15.4. The van der Waals surface area contributed by atoms with Crippen molar-refractivity contribution >= 4 is 5.91 Å². The van der Waals surface area contributed by atoms with Gasteiger partial charge in [-0.15, -0.1) is 0 Å². The average molecular weight is 357 g/mol.